The summed E-state index contributed by atoms with van der Waals surface area (Å²) in [6.07, 6.45) is 2.95. The molecule has 0 saturated carbocycles. The van der Waals surface area contributed by atoms with Crippen LogP contribution in [0.3, 0.4) is 0 Å². The number of nitrogens with one attached hydrogen (secondary N) is 3. The third-order valence-corrected chi connectivity index (χ3v) is 6.97. The summed E-state index contributed by atoms with van der Waals surface area (Å²) in [5, 5.41) is 16.3. The molecule has 4 aromatic rings. The standard InChI is InChI=1S/C26H31N13O2S.CH2O2/c27-15-5-8-18(19(11-15)21(28)38-39-31)25(41)33-10-2-1-9-32-24(40)14-3-6-17(7-4-14)42-13-16-12-34-23-20(35-16)22(29)36-26(30)37-23;2-1-3/h3-8,11-12,39H,1-2,9-10,13,27,31H2,(H2,28,38)(H,32,40)(H,33,41)(H4,29,30,34,36,37);1H,(H,2,3). The highest BCUT2D eigenvalue weighted by Crippen LogP contribution is 2.24. The molecular formula is C27H33N13O4S. The Morgan fingerprint density at radius 2 is 1.60 bits per heavy atom. The number of nitrogen functional groups attached to an aromatic ring is 3. The molecule has 0 saturated heterocycles. The topological polar surface area (TPSA) is 302 Å². The number of hydrazone groups is 1. The minimum Gasteiger partial charge on any atom is -0.483 e. The molecule has 45 heavy (non-hydrogen) atoms. The van der Waals surface area contributed by atoms with Gasteiger partial charge in [0, 0.05) is 40.6 Å². The van der Waals surface area contributed by atoms with Gasteiger partial charge in [-0.3, -0.25) is 14.4 Å². The van der Waals surface area contributed by atoms with Crippen LogP contribution in [0.4, 0.5) is 17.5 Å². The lowest BCUT2D eigenvalue weighted by atomic mass is 10.0. The number of amidine groups is 1. The summed E-state index contributed by atoms with van der Waals surface area (Å²) in [6.45, 7) is 0.616. The number of carboxylic acid groups (broad SMARTS) is 1. The van der Waals surface area contributed by atoms with Gasteiger partial charge < -0.3 is 38.7 Å². The van der Waals surface area contributed by atoms with Gasteiger partial charge in [-0.05, 0) is 55.3 Å². The van der Waals surface area contributed by atoms with Crippen molar-refractivity contribution in [1.82, 2.24) is 36.1 Å². The van der Waals surface area contributed by atoms with Gasteiger partial charge in [-0.2, -0.15) is 9.97 Å². The summed E-state index contributed by atoms with van der Waals surface area (Å²) in [6, 6.07) is 12.0. The zero-order chi connectivity index (χ0) is 32.8. The minimum atomic E-state index is -0.321. The second-order valence-corrected chi connectivity index (χ2v) is 10.1. The van der Waals surface area contributed by atoms with Gasteiger partial charge in [0.15, 0.2) is 22.8 Å². The summed E-state index contributed by atoms with van der Waals surface area (Å²) in [5.74, 6) is 5.49. The van der Waals surface area contributed by atoms with Crippen LogP contribution >= 0.6 is 11.8 Å². The van der Waals surface area contributed by atoms with Gasteiger partial charge in [-0.25, -0.2) is 21.3 Å². The van der Waals surface area contributed by atoms with Crippen molar-refractivity contribution in [2.45, 2.75) is 23.5 Å². The fourth-order valence-corrected chi connectivity index (χ4v) is 4.65. The van der Waals surface area contributed by atoms with E-state index in [2.05, 4.69) is 41.2 Å². The van der Waals surface area contributed by atoms with Crippen molar-refractivity contribution in [2.24, 2.45) is 16.7 Å². The Hall–Kier alpha value is -5.75. The van der Waals surface area contributed by atoms with Gasteiger partial charge in [0.25, 0.3) is 18.3 Å². The van der Waals surface area contributed by atoms with Crippen molar-refractivity contribution >= 4 is 64.5 Å². The Morgan fingerprint density at radius 1 is 0.933 bits per heavy atom. The van der Waals surface area contributed by atoms with Gasteiger partial charge in [0.05, 0.1) is 17.5 Å². The van der Waals surface area contributed by atoms with Crippen LogP contribution in [0.2, 0.25) is 0 Å². The Kier molecular flexibility index (Phi) is 12.6. The Labute approximate surface area is 261 Å². The lowest BCUT2D eigenvalue weighted by Gasteiger charge is -2.11. The number of nitrogens with zero attached hydrogens (tertiary/aromatic N) is 5. The second-order valence-electron chi connectivity index (χ2n) is 9.07. The van der Waals surface area contributed by atoms with Crippen LogP contribution in [0, 0.1) is 0 Å². The molecule has 0 bridgehead atoms. The van der Waals surface area contributed by atoms with Gasteiger partial charge in [0.1, 0.15) is 0 Å². The molecule has 0 aliphatic heterocycles. The lowest BCUT2D eigenvalue weighted by Crippen LogP contribution is -2.30. The molecule has 2 heterocycles. The molecule has 0 unspecified atom stereocenters. The number of rotatable bonds is 12. The molecule has 4 rings (SSSR count). The highest BCUT2D eigenvalue weighted by molar-refractivity contribution is 7.98. The fourth-order valence-electron chi connectivity index (χ4n) is 3.86. The van der Waals surface area contributed by atoms with Crippen LogP contribution in [-0.4, -0.2) is 62.3 Å². The highest BCUT2D eigenvalue weighted by Gasteiger charge is 2.14. The monoisotopic (exact) mass is 635 g/mol. The number of carbonyl (C=O) groups excluding carboxylic acids is 2. The number of unbranched alkanes of at least 4 members (excludes halogenated alkanes) is 1. The number of benzene rings is 2. The number of nitrogens with two attached hydrogens (primary N) is 5. The molecule has 0 fully saturated rings. The van der Waals surface area contributed by atoms with Crippen molar-refractivity contribution in [1.29, 1.82) is 0 Å². The average Bonchev–Trinajstić information content (AvgIpc) is 3.02. The molecule has 0 aliphatic rings. The summed E-state index contributed by atoms with van der Waals surface area (Å²) in [5.41, 5.74) is 28.4. The molecule has 0 spiro atoms. The van der Waals surface area contributed by atoms with Crippen LogP contribution in [-0.2, 0) is 10.5 Å². The number of hydrazine groups is 1. The molecule has 0 aliphatic carbocycles. The molecule has 236 valence electrons. The maximum atomic E-state index is 12.6. The molecule has 2 amide bonds. The maximum Gasteiger partial charge on any atom is 0.290 e. The molecule has 14 N–H and O–H groups in total. The number of aromatic nitrogens is 4. The van der Waals surface area contributed by atoms with Crippen LogP contribution in [0.5, 0.6) is 0 Å². The predicted octanol–water partition coefficient (Wildman–Crippen LogP) is 0.183. The lowest BCUT2D eigenvalue weighted by molar-refractivity contribution is -0.122. The zero-order valence-electron chi connectivity index (χ0n) is 23.9. The maximum absolute atomic E-state index is 12.6. The number of hydrogen-bond acceptors (Lipinski definition) is 14. The molecule has 18 heteroatoms. The predicted molar refractivity (Wildman–Crippen MR) is 171 cm³/mol. The number of hydrogen-bond donors (Lipinski definition) is 9. The first-order valence-electron chi connectivity index (χ1n) is 13.3. The first-order valence-corrected chi connectivity index (χ1v) is 14.3. The first-order chi connectivity index (χ1) is 21.7. The third kappa shape index (κ3) is 9.90. The Bertz CT molecular complexity index is 1670. The van der Waals surface area contributed by atoms with E-state index in [1.165, 1.54) is 0 Å². The van der Waals surface area contributed by atoms with Crippen LogP contribution in [0.25, 0.3) is 11.2 Å². The largest absolute Gasteiger partial charge is 0.483 e. The molecule has 0 atom stereocenters. The van der Waals surface area contributed by atoms with Crippen molar-refractivity contribution in [3.05, 3.63) is 71.0 Å². The van der Waals surface area contributed by atoms with E-state index in [4.69, 9.17) is 38.7 Å². The number of thioether (sulfide) groups is 1. The normalized spacial score (nSPS) is 10.8. The van der Waals surface area contributed by atoms with E-state index in [-0.39, 0.29) is 35.9 Å². The number of amides is 2. The van der Waals surface area contributed by atoms with Gasteiger partial charge in [-0.15, -0.1) is 16.9 Å². The number of anilines is 3. The van der Waals surface area contributed by atoms with Gasteiger partial charge in [-0.1, -0.05) is 0 Å². The third-order valence-electron chi connectivity index (χ3n) is 5.93. The van der Waals surface area contributed by atoms with Crippen LogP contribution < -0.4 is 44.9 Å². The van der Waals surface area contributed by atoms with Gasteiger partial charge >= 0.3 is 0 Å². The number of fused-ring (bicyclic) bond motifs is 1. The fraction of sp³-hybridized carbons (Fsp3) is 0.185. The SMILES string of the molecule is NN/N=C(\N)c1cc(N)ccc1C(=O)NCCCCNC(=O)c1ccc(SCc2cnc3nc(N)nc(N)c3n2)cc1.O=CO. The molecular weight excluding hydrogens is 602 g/mol. The Morgan fingerprint density at radius 3 is 2.27 bits per heavy atom. The summed E-state index contributed by atoms with van der Waals surface area (Å²) in [7, 11) is 0. The first kappa shape index (κ1) is 33.7. The minimum absolute atomic E-state index is 0.0379. The molecule has 2 aromatic heterocycles. The summed E-state index contributed by atoms with van der Waals surface area (Å²) < 4.78 is 0. The quantitative estimate of drug-likeness (QED) is 0.0147. The van der Waals surface area contributed by atoms with Crippen LogP contribution in [0.15, 0.2) is 58.7 Å². The summed E-state index contributed by atoms with van der Waals surface area (Å²) >= 11 is 1.54. The van der Waals surface area contributed by atoms with Crippen molar-refractivity contribution < 1.29 is 19.5 Å². The van der Waals surface area contributed by atoms with E-state index in [1.807, 2.05) is 12.1 Å². The highest BCUT2D eigenvalue weighted by atomic mass is 32.2. The van der Waals surface area contributed by atoms with E-state index in [9.17, 15) is 9.59 Å². The van der Waals surface area contributed by atoms with Crippen molar-refractivity contribution in [3.8, 4) is 0 Å². The van der Waals surface area contributed by atoms with E-state index in [0.29, 0.717) is 70.9 Å². The number of carbonyl (C=O) groups is 3. The average molecular weight is 636 g/mol. The molecule has 0 radical (unpaired) electrons. The van der Waals surface area contributed by atoms with E-state index >= 15 is 0 Å². The second kappa shape index (κ2) is 16.8. The van der Waals surface area contributed by atoms with E-state index in [0.717, 1.165) is 4.90 Å². The Balaban J connectivity index is 0.00000177. The van der Waals surface area contributed by atoms with Gasteiger partial charge in [0.2, 0.25) is 5.95 Å². The van der Waals surface area contributed by atoms with E-state index < -0.39 is 0 Å². The van der Waals surface area contributed by atoms with Crippen molar-refractivity contribution in [2.75, 3.05) is 30.3 Å². The molecule has 2 aromatic carbocycles. The smallest absolute Gasteiger partial charge is 0.290 e. The molecule has 17 nitrogen and oxygen atoms in total. The zero-order valence-corrected chi connectivity index (χ0v) is 24.8. The van der Waals surface area contributed by atoms with Crippen LogP contribution in [0.1, 0.15) is 44.8 Å². The van der Waals surface area contributed by atoms with E-state index in [1.54, 1.807) is 48.3 Å². The summed E-state index contributed by atoms with van der Waals surface area (Å²) in [4.78, 5) is 51.2. The van der Waals surface area contributed by atoms with Crippen molar-refractivity contribution in [3.63, 3.8) is 0 Å².